The molecule has 0 bridgehead atoms. The zero-order chi connectivity index (χ0) is 18.6. The summed E-state index contributed by atoms with van der Waals surface area (Å²) >= 11 is 0. The molecule has 26 heavy (non-hydrogen) atoms. The van der Waals surface area contributed by atoms with Crippen LogP contribution in [-0.4, -0.2) is 50.5 Å². The summed E-state index contributed by atoms with van der Waals surface area (Å²) in [4.78, 5) is 4.73. The van der Waals surface area contributed by atoms with Crippen LogP contribution in [0.15, 0.2) is 29.3 Å². The first-order chi connectivity index (χ1) is 12.6. The van der Waals surface area contributed by atoms with E-state index in [0.717, 1.165) is 36.8 Å². The Morgan fingerprint density at radius 3 is 2.92 bits per heavy atom. The largest absolute Gasteiger partial charge is 0.477 e. The highest BCUT2D eigenvalue weighted by molar-refractivity contribution is 7.89. The smallest absolute Gasteiger partial charge is 0.243 e. The van der Waals surface area contributed by atoms with Gasteiger partial charge in [0, 0.05) is 36.6 Å². The number of unbranched alkanes of at least 4 members (excludes halogenated alkanes) is 1. The van der Waals surface area contributed by atoms with Crippen LogP contribution in [0.1, 0.15) is 31.7 Å². The number of pyridine rings is 1. The van der Waals surface area contributed by atoms with E-state index < -0.39 is 10.0 Å². The van der Waals surface area contributed by atoms with Crippen LogP contribution < -0.4 is 10.1 Å². The average molecular weight is 378 g/mol. The van der Waals surface area contributed by atoms with E-state index in [0.29, 0.717) is 42.4 Å². The third-order valence-corrected chi connectivity index (χ3v) is 6.62. The molecule has 1 aromatic carbocycles. The maximum absolute atomic E-state index is 13.3. The molecule has 6 nitrogen and oxygen atoms in total. The molecule has 0 atom stereocenters. The Morgan fingerprint density at radius 2 is 2.12 bits per heavy atom. The Kier molecular flexibility index (Phi) is 6.11. The Balaban J connectivity index is 2.07. The van der Waals surface area contributed by atoms with E-state index in [1.807, 2.05) is 13.0 Å². The first kappa shape index (κ1) is 19.1. The molecule has 1 aliphatic rings. The van der Waals surface area contributed by atoms with Gasteiger partial charge in [0.05, 0.1) is 11.5 Å². The number of fused-ring (bicyclic) bond motifs is 1. The third kappa shape index (κ3) is 3.84. The van der Waals surface area contributed by atoms with Gasteiger partial charge in [-0.25, -0.2) is 13.4 Å². The fraction of sp³-hybridized carbons (Fsp3) is 0.526. The fourth-order valence-electron chi connectivity index (χ4n) is 3.25. The number of rotatable bonds is 6. The van der Waals surface area contributed by atoms with E-state index in [4.69, 9.17) is 4.74 Å². The molecule has 0 unspecified atom stereocenters. The molecule has 1 aromatic heterocycles. The molecule has 0 radical (unpaired) electrons. The van der Waals surface area contributed by atoms with Crippen LogP contribution in [0.5, 0.6) is 5.88 Å². The highest BCUT2D eigenvalue weighted by Crippen LogP contribution is 2.33. The van der Waals surface area contributed by atoms with Crippen molar-refractivity contribution in [3.05, 3.63) is 30.0 Å². The lowest BCUT2D eigenvalue weighted by Gasteiger charge is -2.21. The normalized spacial score (nSPS) is 16.5. The van der Waals surface area contributed by atoms with E-state index in [9.17, 15) is 8.42 Å². The van der Waals surface area contributed by atoms with E-state index in [1.165, 1.54) is 0 Å². The van der Waals surface area contributed by atoms with Gasteiger partial charge in [-0.1, -0.05) is 19.4 Å². The van der Waals surface area contributed by atoms with Crippen LogP contribution >= 0.6 is 0 Å². The van der Waals surface area contributed by atoms with Crippen molar-refractivity contribution in [2.24, 2.45) is 0 Å². The van der Waals surface area contributed by atoms with Crippen LogP contribution in [0.4, 0.5) is 0 Å². The van der Waals surface area contributed by atoms with Crippen LogP contribution in [-0.2, 0) is 10.0 Å². The second-order valence-corrected chi connectivity index (χ2v) is 8.54. The molecule has 1 aliphatic heterocycles. The van der Waals surface area contributed by atoms with Gasteiger partial charge in [0.25, 0.3) is 0 Å². The Labute approximate surface area is 155 Å². The summed E-state index contributed by atoms with van der Waals surface area (Å²) in [5, 5.41) is 4.72. The standard InChI is InChI=1S/C19H27N3O3S/c1-3-4-13-25-19-16-7-5-8-17(18(16)15(2)14-21-19)26(23,24)22-11-6-9-20-10-12-22/h5,7-8,14,20H,3-4,6,9-13H2,1-2H3. The highest BCUT2D eigenvalue weighted by Gasteiger charge is 2.28. The van der Waals surface area contributed by atoms with Gasteiger partial charge in [0.2, 0.25) is 15.9 Å². The average Bonchev–Trinajstić information content (AvgIpc) is 2.93. The molecule has 2 heterocycles. The lowest BCUT2D eigenvalue weighted by Crippen LogP contribution is -2.34. The predicted octanol–water partition coefficient (Wildman–Crippen LogP) is 2.71. The second-order valence-electron chi connectivity index (χ2n) is 6.63. The Bertz CT molecular complexity index is 860. The first-order valence-corrected chi connectivity index (χ1v) is 10.7. The monoisotopic (exact) mass is 377 g/mol. The van der Waals surface area contributed by atoms with E-state index in [1.54, 1.807) is 22.6 Å². The number of hydrogen-bond donors (Lipinski definition) is 1. The van der Waals surface area contributed by atoms with Gasteiger partial charge in [-0.15, -0.1) is 0 Å². The Hall–Kier alpha value is -1.70. The fourth-order valence-corrected chi connectivity index (χ4v) is 5.01. The summed E-state index contributed by atoms with van der Waals surface area (Å²) in [6, 6.07) is 5.36. The van der Waals surface area contributed by atoms with Crippen molar-refractivity contribution in [2.75, 3.05) is 32.8 Å². The number of nitrogens with one attached hydrogen (secondary N) is 1. The second kappa shape index (κ2) is 8.33. The summed E-state index contributed by atoms with van der Waals surface area (Å²) in [5.74, 6) is 0.508. The molecule has 7 heteroatoms. The number of aryl methyl sites for hydroxylation is 1. The summed E-state index contributed by atoms with van der Waals surface area (Å²) in [6.45, 7) is 7.13. The molecule has 0 aliphatic carbocycles. The minimum absolute atomic E-state index is 0.345. The number of nitrogens with zero attached hydrogens (tertiary/aromatic N) is 2. The van der Waals surface area contributed by atoms with Crippen LogP contribution in [0.25, 0.3) is 10.8 Å². The summed E-state index contributed by atoms with van der Waals surface area (Å²) < 4.78 is 34.0. The molecule has 0 amide bonds. The minimum atomic E-state index is -3.57. The number of aromatic nitrogens is 1. The van der Waals surface area contributed by atoms with Crippen LogP contribution in [0, 0.1) is 6.92 Å². The lowest BCUT2D eigenvalue weighted by molar-refractivity contribution is 0.301. The molecular weight excluding hydrogens is 350 g/mol. The number of ether oxygens (including phenoxy) is 1. The van der Waals surface area contributed by atoms with Gasteiger partial charge in [0.1, 0.15) is 0 Å². The summed E-state index contributed by atoms with van der Waals surface area (Å²) in [7, 11) is -3.57. The van der Waals surface area contributed by atoms with Gasteiger partial charge in [0.15, 0.2) is 0 Å². The van der Waals surface area contributed by atoms with Crippen molar-refractivity contribution in [2.45, 2.75) is 38.0 Å². The number of benzene rings is 1. The number of sulfonamides is 1. The molecule has 0 saturated carbocycles. The molecule has 0 spiro atoms. The molecular formula is C19H27N3O3S. The minimum Gasteiger partial charge on any atom is -0.477 e. The summed E-state index contributed by atoms with van der Waals surface area (Å²) in [6.07, 6.45) is 4.49. The first-order valence-electron chi connectivity index (χ1n) is 9.27. The van der Waals surface area contributed by atoms with Crippen molar-refractivity contribution < 1.29 is 13.2 Å². The van der Waals surface area contributed by atoms with Gasteiger partial charge in [-0.05, 0) is 44.0 Å². The highest BCUT2D eigenvalue weighted by atomic mass is 32.2. The molecule has 1 fully saturated rings. The van der Waals surface area contributed by atoms with Gasteiger partial charge >= 0.3 is 0 Å². The molecule has 1 N–H and O–H groups in total. The van der Waals surface area contributed by atoms with E-state index >= 15 is 0 Å². The maximum atomic E-state index is 13.3. The zero-order valence-corrected chi connectivity index (χ0v) is 16.3. The van der Waals surface area contributed by atoms with Crippen molar-refractivity contribution >= 4 is 20.8 Å². The van der Waals surface area contributed by atoms with Gasteiger partial charge in [-0.3, -0.25) is 0 Å². The zero-order valence-electron chi connectivity index (χ0n) is 15.5. The van der Waals surface area contributed by atoms with E-state index in [-0.39, 0.29) is 0 Å². The maximum Gasteiger partial charge on any atom is 0.243 e. The van der Waals surface area contributed by atoms with E-state index in [2.05, 4.69) is 17.2 Å². The predicted molar refractivity (Wildman–Crippen MR) is 103 cm³/mol. The summed E-state index contributed by atoms with van der Waals surface area (Å²) in [5.41, 5.74) is 0.843. The SMILES string of the molecule is CCCCOc1ncc(C)c2c(S(=O)(=O)N3CCCNCC3)cccc12. The van der Waals surface area contributed by atoms with Gasteiger partial charge < -0.3 is 10.1 Å². The lowest BCUT2D eigenvalue weighted by atomic mass is 10.1. The molecule has 3 rings (SSSR count). The van der Waals surface area contributed by atoms with Gasteiger partial charge in [-0.2, -0.15) is 4.31 Å². The van der Waals surface area contributed by atoms with Crippen molar-refractivity contribution in [1.82, 2.24) is 14.6 Å². The van der Waals surface area contributed by atoms with Crippen molar-refractivity contribution in [3.8, 4) is 5.88 Å². The molecule has 2 aromatic rings. The van der Waals surface area contributed by atoms with Crippen LogP contribution in [0.2, 0.25) is 0 Å². The van der Waals surface area contributed by atoms with Crippen molar-refractivity contribution in [1.29, 1.82) is 0 Å². The van der Waals surface area contributed by atoms with Crippen molar-refractivity contribution in [3.63, 3.8) is 0 Å². The topological polar surface area (TPSA) is 71.5 Å². The molecule has 142 valence electrons. The van der Waals surface area contributed by atoms with Crippen LogP contribution in [0.3, 0.4) is 0 Å². The number of hydrogen-bond acceptors (Lipinski definition) is 5. The molecule has 1 saturated heterocycles. The third-order valence-electron chi connectivity index (χ3n) is 4.68. The quantitative estimate of drug-likeness (QED) is 0.784. The Morgan fingerprint density at radius 1 is 1.27 bits per heavy atom.